The average molecular weight is 161 g/mol. The molecule has 1 saturated heterocycles. The molecule has 2 nitrogen and oxygen atoms in total. The van der Waals surface area contributed by atoms with Crippen molar-refractivity contribution in [2.45, 2.75) is 38.6 Å². The summed E-state index contributed by atoms with van der Waals surface area (Å²) >= 11 is 0. The SMILES string of the molecule is CC(C)N1CC[C@@H](O)[C@H](F)C1. The van der Waals surface area contributed by atoms with Crippen LogP contribution in [-0.4, -0.2) is 41.4 Å². The fraction of sp³-hybridized carbons (Fsp3) is 1.00. The highest BCUT2D eigenvalue weighted by Gasteiger charge is 2.28. The number of alkyl halides is 1. The smallest absolute Gasteiger partial charge is 0.139 e. The first kappa shape index (κ1) is 8.94. The van der Waals surface area contributed by atoms with Gasteiger partial charge in [0.1, 0.15) is 6.17 Å². The molecule has 0 aromatic carbocycles. The van der Waals surface area contributed by atoms with Gasteiger partial charge in [-0.05, 0) is 20.3 Å². The van der Waals surface area contributed by atoms with E-state index in [1.54, 1.807) is 0 Å². The summed E-state index contributed by atoms with van der Waals surface area (Å²) in [6.45, 7) is 5.30. The largest absolute Gasteiger partial charge is 0.390 e. The van der Waals surface area contributed by atoms with E-state index in [1.165, 1.54) is 0 Å². The van der Waals surface area contributed by atoms with Crippen LogP contribution in [0.25, 0.3) is 0 Å². The van der Waals surface area contributed by atoms with Gasteiger partial charge in [-0.3, -0.25) is 4.90 Å². The van der Waals surface area contributed by atoms with Crippen LogP contribution in [0.15, 0.2) is 0 Å². The number of likely N-dealkylation sites (tertiary alicyclic amines) is 1. The molecule has 1 aliphatic rings. The van der Waals surface area contributed by atoms with Gasteiger partial charge in [0.15, 0.2) is 0 Å². The number of rotatable bonds is 1. The Morgan fingerprint density at radius 2 is 2.18 bits per heavy atom. The van der Waals surface area contributed by atoms with Gasteiger partial charge in [-0.25, -0.2) is 4.39 Å². The standard InChI is InChI=1S/C8H16FNO/c1-6(2)10-4-3-8(11)7(9)5-10/h6-8,11H,3-5H2,1-2H3/t7-,8-/m1/s1. The van der Waals surface area contributed by atoms with Crippen molar-refractivity contribution in [1.29, 1.82) is 0 Å². The maximum Gasteiger partial charge on any atom is 0.139 e. The lowest BCUT2D eigenvalue weighted by atomic mass is 10.1. The first-order chi connectivity index (χ1) is 5.11. The maximum absolute atomic E-state index is 12.9. The Morgan fingerprint density at radius 3 is 2.64 bits per heavy atom. The zero-order valence-electron chi connectivity index (χ0n) is 7.13. The normalized spacial score (nSPS) is 34.6. The van der Waals surface area contributed by atoms with E-state index >= 15 is 0 Å². The Labute approximate surface area is 67.0 Å². The molecular weight excluding hydrogens is 145 g/mol. The molecule has 1 heterocycles. The van der Waals surface area contributed by atoms with E-state index in [2.05, 4.69) is 4.90 Å². The minimum atomic E-state index is -1.05. The van der Waals surface area contributed by atoms with Gasteiger partial charge in [-0.2, -0.15) is 0 Å². The van der Waals surface area contributed by atoms with Crippen molar-refractivity contribution in [1.82, 2.24) is 4.90 Å². The fourth-order valence-electron chi connectivity index (χ4n) is 1.38. The molecule has 0 aromatic rings. The van der Waals surface area contributed by atoms with E-state index in [0.29, 0.717) is 19.0 Å². The van der Waals surface area contributed by atoms with Crippen molar-refractivity contribution in [2.24, 2.45) is 0 Å². The fourth-order valence-corrected chi connectivity index (χ4v) is 1.38. The highest BCUT2D eigenvalue weighted by molar-refractivity contribution is 4.80. The second-order valence-electron chi connectivity index (χ2n) is 3.46. The van der Waals surface area contributed by atoms with Crippen molar-refractivity contribution < 1.29 is 9.50 Å². The highest BCUT2D eigenvalue weighted by atomic mass is 19.1. The van der Waals surface area contributed by atoms with E-state index in [-0.39, 0.29) is 0 Å². The zero-order valence-corrected chi connectivity index (χ0v) is 7.13. The first-order valence-corrected chi connectivity index (χ1v) is 4.17. The monoisotopic (exact) mass is 161 g/mol. The Morgan fingerprint density at radius 1 is 1.55 bits per heavy atom. The Kier molecular flexibility index (Phi) is 2.84. The van der Waals surface area contributed by atoms with Crippen LogP contribution in [0.4, 0.5) is 4.39 Å². The molecule has 1 rings (SSSR count). The second kappa shape index (κ2) is 3.50. The van der Waals surface area contributed by atoms with Crippen molar-refractivity contribution in [2.75, 3.05) is 13.1 Å². The van der Waals surface area contributed by atoms with Gasteiger partial charge < -0.3 is 5.11 Å². The van der Waals surface area contributed by atoms with Crippen molar-refractivity contribution in [3.63, 3.8) is 0 Å². The number of nitrogens with zero attached hydrogens (tertiary/aromatic N) is 1. The molecular formula is C8H16FNO. The molecule has 1 aliphatic heterocycles. The molecule has 2 atom stereocenters. The van der Waals surface area contributed by atoms with E-state index in [0.717, 1.165) is 6.54 Å². The number of halogens is 1. The van der Waals surface area contributed by atoms with Crippen LogP contribution >= 0.6 is 0 Å². The summed E-state index contributed by atoms with van der Waals surface area (Å²) in [4.78, 5) is 2.05. The zero-order chi connectivity index (χ0) is 8.43. The molecule has 0 amide bonds. The Hall–Kier alpha value is -0.150. The van der Waals surface area contributed by atoms with Gasteiger partial charge >= 0.3 is 0 Å². The molecule has 11 heavy (non-hydrogen) atoms. The molecule has 0 radical (unpaired) electrons. The van der Waals surface area contributed by atoms with E-state index < -0.39 is 12.3 Å². The summed E-state index contributed by atoms with van der Waals surface area (Å²) in [7, 11) is 0. The quantitative estimate of drug-likeness (QED) is 0.615. The van der Waals surface area contributed by atoms with Crippen molar-refractivity contribution in [3.05, 3.63) is 0 Å². The molecule has 0 spiro atoms. The summed E-state index contributed by atoms with van der Waals surface area (Å²) in [5, 5.41) is 9.08. The van der Waals surface area contributed by atoms with Crippen LogP contribution in [0.3, 0.4) is 0 Å². The van der Waals surface area contributed by atoms with Gasteiger partial charge in [0.25, 0.3) is 0 Å². The van der Waals surface area contributed by atoms with Crippen LogP contribution < -0.4 is 0 Å². The van der Waals surface area contributed by atoms with Gasteiger partial charge in [-0.15, -0.1) is 0 Å². The second-order valence-corrected chi connectivity index (χ2v) is 3.46. The van der Waals surface area contributed by atoms with Crippen LogP contribution in [-0.2, 0) is 0 Å². The lowest BCUT2D eigenvalue weighted by molar-refractivity contribution is -0.00315. The van der Waals surface area contributed by atoms with Crippen molar-refractivity contribution >= 4 is 0 Å². The predicted octanol–water partition coefficient (Wildman–Crippen LogP) is 0.800. The van der Waals surface area contributed by atoms with Gasteiger partial charge in [0, 0.05) is 19.1 Å². The van der Waals surface area contributed by atoms with Gasteiger partial charge in [-0.1, -0.05) is 0 Å². The molecule has 0 saturated carbocycles. The van der Waals surface area contributed by atoms with E-state index in [1.807, 2.05) is 13.8 Å². The summed E-state index contributed by atoms with van der Waals surface area (Å²) in [5.41, 5.74) is 0. The van der Waals surface area contributed by atoms with Crippen LogP contribution in [0.2, 0.25) is 0 Å². The molecule has 0 aliphatic carbocycles. The van der Waals surface area contributed by atoms with Crippen LogP contribution in [0.1, 0.15) is 20.3 Å². The average Bonchev–Trinajstić information content (AvgIpc) is 1.94. The molecule has 1 N–H and O–H groups in total. The summed E-state index contributed by atoms with van der Waals surface area (Å²) in [5.74, 6) is 0. The number of aliphatic hydroxyl groups is 1. The maximum atomic E-state index is 12.9. The lowest BCUT2D eigenvalue weighted by Gasteiger charge is -2.34. The molecule has 3 heteroatoms. The minimum absolute atomic E-state index is 0.388. The third-order valence-electron chi connectivity index (χ3n) is 2.27. The van der Waals surface area contributed by atoms with Gasteiger partial charge in [0.05, 0.1) is 6.10 Å². The predicted molar refractivity (Wildman–Crippen MR) is 42.2 cm³/mol. The first-order valence-electron chi connectivity index (χ1n) is 4.17. The lowest BCUT2D eigenvalue weighted by Crippen LogP contribution is -2.47. The van der Waals surface area contributed by atoms with E-state index in [4.69, 9.17) is 5.11 Å². The van der Waals surface area contributed by atoms with Gasteiger partial charge in [0.2, 0.25) is 0 Å². The number of hydrogen-bond acceptors (Lipinski definition) is 2. The van der Waals surface area contributed by atoms with Crippen molar-refractivity contribution in [3.8, 4) is 0 Å². The summed E-state index contributed by atoms with van der Waals surface area (Å²) < 4.78 is 12.9. The Bertz CT molecular complexity index is 129. The summed E-state index contributed by atoms with van der Waals surface area (Å²) in [6.07, 6.45) is -1.21. The molecule has 1 fully saturated rings. The molecule has 66 valence electrons. The van der Waals surface area contributed by atoms with Crippen LogP contribution in [0, 0.1) is 0 Å². The molecule has 0 aromatic heterocycles. The minimum Gasteiger partial charge on any atom is -0.390 e. The highest BCUT2D eigenvalue weighted by Crippen LogP contribution is 2.15. The topological polar surface area (TPSA) is 23.5 Å². The third kappa shape index (κ3) is 2.14. The van der Waals surface area contributed by atoms with Crippen LogP contribution in [0.5, 0.6) is 0 Å². The number of hydrogen-bond donors (Lipinski definition) is 1. The number of piperidine rings is 1. The Balaban J connectivity index is 2.40. The summed E-state index contributed by atoms with van der Waals surface area (Å²) in [6, 6.07) is 0.390. The molecule has 0 bridgehead atoms. The third-order valence-corrected chi connectivity index (χ3v) is 2.27. The molecule has 0 unspecified atom stereocenters. The van der Waals surface area contributed by atoms with E-state index in [9.17, 15) is 4.39 Å². The number of aliphatic hydroxyl groups excluding tert-OH is 1.